The molecule has 2 unspecified atom stereocenters. The molecule has 2 atom stereocenters. The van der Waals surface area contributed by atoms with Crippen LogP contribution in [0.3, 0.4) is 0 Å². The van der Waals surface area contributed by atoms with Crippen molar-refractivity contribution in [1.82, 2.24) is 5.32 Å². The number of para-hydroxylation sites is 1. The van der Waals surface area contributed by atoms with Crippen molar-refractivity contribution < 1.29 is 14.6 Å². The molecule has 0 spiro atoms. The number of amides is 1. The van der Waals surface area contributed by atoms with Crippen LogP contribution in [-0.4, -0.2) is 36.3 Å². The topological polar surface area (TPSA) is 84.6 Å². The van der Waals surface area contributed by atoms with E-state index in [1.165, 1.54) is 0 Å². The Balaban J connectivity index is 2.47. The lowest BCUT2D eigenvalue weighted by atomic mass is 10.0. The molecule has 0 bridgehead atoms. The molecule has 21 heavy (non-hydrogen) atoms. The highest BCUT2D eigenvalue weighted by Gasteiger charge is 2.20. The molecular formula is C16H26N2O3. The van der Waals surface area contributed by atoms with Gasteiger partial charge in [-0.05, 0) is 30.9 Å². The van der Waals surface area contributed by atoms with E-state index in [0.717, 1.165) is 16.9 Å². The van der Waals surface area contributed by atoms with Gasteiger partial charge in [0.15, 0.2) is 0 Å². The number of nitrogens with two attached hydrogens (primary N) is 1. The summed E-state index contributed by atoms with van der Waals surface area (Å²) in [6.07, 6.45) is -0.704. The maximum absolute atomic E-state index is 11.3. The van der Waals surface area contributed by atoms with Gasteiger partial charge in [-0.1, -0.05) is 32.0 Å². The second kappa shape index (κ2) is 8.00. The van der Waals surface area contributed by atoms with Crippen molar-refractivity contribution in [3.05, 3.63) is 29.3 Å². The van der Waals surface area contributed by atoms with Gasteiger partial charge in [0, 0.05) is 6.54 Å². The standard InChI is InChI=1S/C16H26N2O3/c1-10(2)14(16(17)20)18-8-13(19)9-21-15-11(3)6-5-7-12(15)4/h5-7,10,13-14,18-19H,8-9H2,1-4H3,(H2,17,20). The van der Waals surface area contributed by atoms with Crippen molar-refractivity contribution >= 4 is 5.91 Å². The SMILES string of the molecule is Cc1cccc(C)c1OCC(O)CNC(C(N)=O)C(C)C. The van der Waals surface area contributed by atoms with Crippen LogP contribution in [0.25, 0.3) is 0 Å². The summed E-state index contributed by atoms with van der Waals surface area (Å²) < 4.78 is 5.68. The zero-order valence-corrected chi connectivity index (χ0v) is 13.2. The molecule has 118 valence electrons. The van der Waals surface area contributed by atoms with E-state index in [9.17, 15) is 9.90 Å². The zero-order chi connectivity index (χ0) is 16.0. The summed E-state index contributed by atoms with van der Waals surface area (Å²) in [6, 6.07) is 5.46. The van der Waals surface area contributed by atoms with Crippen LogP contribution in [-0.2, 0) is 4.79 Å². The fourth-order valence-corrected chi connectivity index (χ4v) is 2.19. The Morgan fingerprint density at radius 2 is 1.90 bits per heavy atom. The van der Waals surface area contributed by atoms with Crippen molar-refractivity contribution in [2.24, 2.45) is 11.7 Å². The van der Waals surface area contributed by atoms with Gasteiger partial charge in [0.2, 0.25) is 5.91 Å². The Morgan fingerprint density at radius 3 is 2.38 bits per heavy atom. The third kappa shape index (κ3) is 5.36. The van der Waals surface area contributed by atoms with Gasteiger partial charge in [0.25, 0.3) is 0 Å². The molecular weight excluding hydrogens is 268 g/mol. The minimum atomic E-state index is -0.704. The number of carbonyl (C=O) groups excluding carboxylic acids is 1. The lowest BCUT2D eigenvalue weighted by Crippen LogP contribution is -2.48. The lowest BCUT2D eigenvalue weighted by molar-refractivity contribution is -0.121. The van der Waals surface area contributed by atoms with E-state index in [1.54, 1.807) is 0 Å². The molecule has 0 fully saturated rings. The van der Waals surface area contributed by atoms with Gasteiger partial charge >= 0.3 is 0 Å². The van der Waals surface area contributed by atoms with Crippen LogP contribution < -0.4 is 15.8 Å². The van der Waals surface area contributed by atoms with E-state index in [-0.39, 0.29) is 19.1 Å². The van der Waals surface area contributed by atoms with Gasteiger partial charge in [0.05, 0.1) is 6.04 Å². The van der Waals surface area contributed by atoms with Crippen LogP contribution in [0, 0.1) is 19.8 Å². The minimum Gasteiger partial charge on any atom is -0.490 e. The number of aliphatic hydroxyl groups is 1. The Morgan fingerprint density at radius 1 is 1.33 bits per heavy atom. The summed E-state index contributed by atoms with van der Waals surface area (Å²) >= 11 is 0. The van der Waals surface area contributed by atoms with Crippen molar-refractivity contribution in [2.75, 3.05) is 13.2 Å². The Hall–Kier alpha value is -1.59. The normalized spacial score (nSPS) is 14.0. The highest BCUT2D eigenvalue weighted by molar-refractivity contribution is 5.80. The van der Waals surface area contributed by atoms with E-state index in [0.29, 0.717) is 0 Å². The number of rotatable bonds is 8. The highest BCUT2D eigenvalue weighted by atomic mass is 16.5. The van der Waals surface area contributed by atoms with Crippen molar-refractivity contribution in [3.8, 4) is 5.75 Å². The van der Waals surface area contributed by atoms with Gasteiger partial charge in [-0.3, -0.25) is 4.79 Å². The van der Waals surface area contributed by atoms with Crippen molar-refractivity contribution in [1.29, 1.82) is 0 Å². The molecule has 4 N–H and O–H groups in total. The predicted molar refractivity (Wildman–Crippen MR) is 83.2 cm³/mol. The molecule has 1 aromatic carbocycles. The van der Waals surface area contributed by atoms with Crippen LogP contribution in [0.2, 0.25) is 0 Å². The highest BCUT2D eigenvalue weighted by Crippen LogP contribution is 2.22. The minimum absolute atomic E-state index is 0.0780. The van der Waals surface area contributed by atoms with Gasteiger partial charge in [0.1, 0.15) is 18.5 Å². The first-order valence-electron chi connectivity index (χ1n) is 7.22. The largest absolute Gasteiger partial charge is 0.490 e. The second-order valence-corrected chi connectivity index (χ2v) is 5.72. The molecule has 0 radical (unpaired) electrons. The maximum atomic E-state index is 11.3. The van der Waals surface area contributed by atoms with Crippen LogP contribution in [0.15, 0.2) is 18.2 Å². The average molecular weight is 294 g/mol. The van der Waals surface area contributed by atoms with E-state index >= 15 is 0 Å². The first-order chi connectivity index (χ1) is 9.82. The van der Waals surface area contributed by atoms with Crippen LogP contribution in [0.5, 0.6) is 5.75 Å². The van der Waals surface area contributed by atoms with Crippen molar-refractivity contribution in [3.63, 3.8) is 0 Å². The third-order valence-electron chi connectivity index (χ3n) is 3.38. The number of aryl methyl sites for hydroxylation is 2. The molecule has 0 saturated carbocycles. The Bertz CT molecular complexity index is 454. The van der Waals surface area contributed by atoms with E-state index in [4.69, 9.17) is 10.5 Å². The van der Waals surface area contributed by atoms with E-state index in [2.05, 4.69) is 5.32 Å². The molecule has 1 rings (SSSR count). The predicted octanol–water partition coefficient (Wildman–Crippen LogP) is 1.14. The molecule has 0 aromatic heterocycles. The summed E-state index contributed by atoms with van der Waals surface area (Å²) in [5, 5.41) is 12.9. The first-order valence-corrected chi connectivity index (χ1v) is 7.22. The number of hydrogen-bond donors (Lipinski definition) is 3. The monoisotopic (exact) mass is 294 g/mol. The van der Waals surface area contributed by atoms with Gasteiger partial charge in [-0.15, -0.1) is 0 Å². The molecule has 5 nitrogen and oxygen atoms in total. The van der Waals surface area contributed by atoms with Crippen molar-refractivity contribution in [2.45, 2.75) is 39.8 Å². The molecule has 0 aliphatic rings. The number of carbonyl (C=O) groups is 1. The van der Waals surface area contributed by atoms with Gasteiger partial charge in [-0.25, -0.2) is 0 Å². The maximum Gasteiger partial charge on any atom is 0.234 e. The van der Waals surface area contributed by atoms with Crippen LogP contribution in [0.1, 0.15) is 25.0 Å². The van der Waals surface area contributed by atoms with Gasteiger partial charge < -0.3 is 20.9 Å². The van der Waals surface area contributed by atoms with Crippen LogP contribution in [0.4, 0.5) is 0 Å². The smallest absolute Gasteiger partial charge is 0.234 e. The summed E-state index contributed by atoms with van der Waals surface area (Å²) in [5.74, 6) is 0.467. The third-order valence-corrected chi connectivity index (χ3v) is 3.38. The first kappa shape index (κ1) is 17.5. The molecule has 1 aromatic rings. The van der Waals surface area contributed by atoms with Crippen LogP contribution >= 0.6 is 0 Å². The van der Waals surface area contributed by atoms with E-state index in [1.807, 2.05) is 45.9 Å². The molecule has 5 heteroatoms. The number of benzene rings is 1. The summed E-state index contributed by atoms with van der Waals surface area (Å²) in [5.41, 5.74) is 7.38. The number of nitrogens with one attached hydrogen (secondary N) is 1. The summed E-state index contributed by atoms with van der Waals surface area (Å²) in [6.45, 7) is 8.17. The molecule has 0 heterocycles. The zero-order valence-electron chi connectivity index (χ0n) is 13.2. The quantitative estimate of drug-likeness (QED) is 0.671. The average Bonchev–Trinajstić information content (AvgIpc) is 2.37. The van der Waals surface area contributed by atoms with Gasteiger partial charge in [-0.2, -0.15) is 0 Å². The molecule has 0 aliphatic heterocycles. The number of hydrogen-bond acceptors (Lipinski definition) is 4. The summed E-state index contributed by atoms with van der Waals surface area (Å²) in [7, 11) is 0. The number of primary amides is 1. The molecule has 1 amide bonds. The molecule has 0 saturated heterocycles. The fourth-order valence-electron chi connectivity index (χ4n) is 2.19. The molecule has 0 aliphatic carbocycles. The Labute approximate surface area is 126 Å². The lowest BCUT2D eigenvalue weighted by Gasteiger charge is -2.21. The summed E-state index contributed by atoms with van der Waals surface area (Å²) in [4.78, 5) is 11.3. The fraction of sp³-hybridized carbons (Fsp3) is 0.562. The number of ether oxygens (including phenoxy) is 1. The van der Waals surface area contributed by atoms with E-state index < -0.39 is 18.1 Å². The Kier molecular flexibility index (Phi) is 6.65. The number of aliphatic hydroxyl groups excluding tert-OH is 1. The second-order valence-electron chi connectivity index (χ2n) is 5.72.